The summed E-state index contributed by atoms with van der Waals surface area (Å²) < 4.78 is 20.4. The molecule has 5 rings (SSSR count). The lowest BCUT2D eigenvalue weighted by Crippen LogP contribution is -2.28. The van der Waals surface area contributed by atoms with Crippen LogP contribution in [0.4, 0.5) is 15.9 Å². The highest BCUT2D eigenvalue weighted by Gasteiger charge is 2.58. The first kappa shape index (κ1) is 19.3. The Kier molecular flexibility index (Phi) is 4.53. The van der Waals surface area contributed by atoms with Crippen molar-refractivity contribution in [2.75, 3.05) is 25.0 Å². The second kappa shape index (κ2) is 7.25. The van der Waals surface area contributed by atoms with Crippen LogP contribution in [0.2, 0.25) is 0 Å². The van der Waals surface area contributed by atoms with Crippen LogP contribution >= 0.6 is 0 Å². The molecule has 1 aliphatic carbocycles. The van der Waals surface area contributed by atoms with E-state index in [1.807, 2.05) is 6.07 Å². The molecule has 1 saturated heterocycles. The number of fused-ring (bicyclic) bond motifs is 1. The summed E-state index contributed by atoms with van der Waals surface area (Å²) in [6, 6.07) is 3.27. The molecular formula is C20H21FN8O2. The van der Waals surface area contributed by atoms with Gasteiger partial charge in [-0.2, -0.15) is 9.37 Å². The van der Waals surface area contributed by atoms with Gasteiger partial charge in [-0.25, -0.2) is 15.0 Å². The molecule has 2 aliphatic rings. The van der Waals surface area contributed by atoms with E-state index >= 15 is 0 Å². The average molecular weight is 424 g/mol. The molecule has 1 saturated carbocycles. The Bertz CT molecular complexity index is 1150. The number of anilines is 1. The highest BCUT2D eigenvalue weighted by Crippen LogP contribution is 2.57. The molecule has 0 spiro atoms. The number of carbonyl (C=O) groups excluding carboxylic acids is 1. The maximum Gasteiger partial charge on any atom is 0.274 e. The Balaban J connectivity index is 1.21. The Morgan fingerprint density at radius 1 is 1.39 bits per heavy atom. The SMILES string of the molecule is C=Nc1ncn(C)c1C(=O)N(C)Cc1nc(C2[C@H]3CN(c4ccnc(F)c4)C[C@@H]23)no1. The van der Waals surface area contributed by atoms with Gasteiger partial charge in [-0.1, -0.05) is 5.16 Å². The Labute approximate surface area is 177 Å². The third-order valence-corrected chi connectivity index (χ3v) is 6.04. The number of piperidine rings is 1. The summed E-state index contributed by atoms with van der Waals surface area (Å²) in [6.45, 7) is 5.27. The minimum absolute atomic E-state index is 0.179. The number of aliphatic imine (C=N–C) groups is 1. The first-order chi connectivity index (χ1) is 15.0. The smallest absolute Gasteiger partial charge is 0.274 e. The van der Waals surface area contributed by atoms with Gasteiger partial charge in [-0.3, -0.25) is 4.79 Å². The lowest BCUT2D eigenvalue weighted by Gasteiger charge is -2.21. The molecule has 0 radical (unpaired) electrons. The van der Waals surface area contributed by atoms with Gasteiger partial charge in [0, 0.05) is 51.1 Å². The van der Waals surface area contributed by atoms with Crippen LogP contribution in [-0.2, 0) is 13.6 Å². The molecule has 31 heavy (non-hydrogen) atoms. The molecular weight excluding hydrogens is 403 g/mol. The van der Waals surface area contributed by atoms with Crippen LogP contribution in [0.5, 0.6) is 0 Å². The molecule has 2 fully saturated rings. The van der Waals surface area contributed by atoms with E-state index in [1.54, 1.807) is 18.7 Å². The van der Waals surface area contributed by atoms with Gasteiger partial charge in [0.05, 0.1) is 6.33 Å². The van der Waals surface area contributed by atoms with Gasteiger partial charge < -0.3 is 18.9 Å². The highest BCUT2D eigenvalue weighted by atomic mass is 19.1. The fraction of sp³-hybridized carbons (Fsp3) is 0.400. The Morgan fingerprint density at radius 2 is 2.16 bits per heavy atom. The van der Waals surface area contributed by atoms with Crippen LogP contribution in [0.1, 0.15) is 28.1 Å². The van der Waals surface area contributed by atoms with Crippen LogP contribution in [0.3, 0.4) is 0 Å². The van der Waals surface area contributed by atoms with E-state index in [0.29, 0.717) is 29.2 Å². The number of nitrogens with zero attached hydrogens (tertiary/aromatic N) is 8. The summed E-state index contributed by atoms with van der Waals surface area (Å²) in [5.74, 6) is 1.65. The standard InChI is InChI=1S/C20H21FN8O2/c1-22-19-17(28(3)10-24-19)20(30)27(2)9-15-25-18(26-31-15)16-12-7-29(8-13(12)16)11-4-5-23-14(21)6-11/h4-6,10,12-13,16H,1,7-9H2,2-3H3/t12-,13+,16?. The molecule has 0 bridgehead atoms. The van der Waals surface area contributed by atoms with Crippen LogP contribution in [0, 0.1) is 17.8 Å². The molecule has 1 aliphatic heterocycles. The molecule has 10 nitrogen and oxygen atoms in total. The fourth-order valence-corrected chi connectivity index (χ4v) is 4.41. The topological polar surface area (TPSA) is 106 Å². The van der Waals surface area contributed by atoms with Gasteiger partial charge >= 0.3 is 0 Å². The number of aromatic nitrogens is 5. The van der Waals surface area contributed by atoms with Crippen LogP contribution in [0.25, 0.3) is 0 Å². The zero-order chi connectivity index (χ0) is 21.7. The van der Waals surface area contributed by atoms with Gasteiger partial charge in [-0.05, 0) is 24.6 Å². The van der Waals surface area contributed by atoms with E-state index in [4.69, 9.17) is 4.52 Å². The van der Waals surface area contributed by atoms with E-state index in [0.717, 1.165) is 18.8 Å². The van der Waals surface area contributed by atoms with Gasteiger partial charge in [0.1, 0.15) is 6.54 Å². The predicted octanol–water partition coefficient (Wildman–Crippen LogP) is 1.79. The quantitative estimate of drug-likeness (QED) is 0.439. The molecule has 3 aromatic rings. The van der Waals surface area contributed by atoms with E-state index in [2.05, 4.69) is 36.7 Å². The number of hydrogen-bond acceptors (Lipinski definition) is 8. The summed E-state index contributed by atoms with van der Waals surface area (Å²) in [4.78, 5) is 32.4. The third-order valence-electron chi connectivity index (χ3n) is 6.04. The lowest BCUT2D eigenvalue weighted by atomic mass is 10.2. The summed E-state index contributed by atoms with van der Waals surface area (Å²) >= 11 is 0. The van der Waals surface area contributed by atoms with Gasteiger partial charge in [-0.15, -0.1) is 0 Å². The predicted molar refractivity (Wildman–Crippen MR) is 109 cm³/mol. The van der Waals surface area contributed by atoms with E-state index in [-0.39, 0.29) is 24.2 Å². The zero-order valence-electron chi connectivity index (χ0n) is 17.1. The van der Waals surface area contributed by atoms with Crippen LogP contribution in [0.15, 0.2) is 34.2 Å². The molecule has 4 heterocycles. The number of carbonyl (C=O) groups is 1. The fourth-order valence-electron chi connectivity index (χ4n) is 4.41. The summed E-state index contributed by atoms with van der Waals surface area (Å²) in [7, 11) is 3.38. The largest absolute Gasteiger partial charge is 0.371 e. The van der Waals surface area contributed by atoms with Gasteiger partial charge in [0.15, 0.2) is 17.3 Å². The maximum absolute atomic E-state index is 13.4. The van der Waals surface area contributed by atoms with E-state index in [1.165, 1.54) is 23.5 Å². The highest BCUT2D eigenvalue weighted by molar-refractivity contribution is 5.96. The molecule has 1 amide bonds. The summed E-state index contributed by atoms with van der Waals surface area (Å²) in [5, 5.41) is 4.14. The lowest BCUT2D eigenvalue weighted by molar-refractivity contribution is 0.0761. The molecule has 3 atom stereocenters. The molecule has 0 N–H and O–H groups in total. The Hall–Kier alpha value is -3.63. The number of amides is 1. The first-order valence-electron chi connectivity index (χ1n) is 9.88. The molecule has 1 unspecified atom stereocenters. The van der Waals surface area contributed by atoms with Crippen LogP contribution in [-0.4, -0.2) is 62.3 Å². The van der Waals surface area contributed by atoms with Crippen molar-refractivity contribution >= 4 is 24.1 Å². The Morgan fingerprint density at radius 3 is 2.87 bits per heavy atom. The average Bonchev–Trinajstić information content (AvgIpc) is 3.18. The zero-order valence-corrected chi connectivity index (χ0v) is 17.1. The maximum atomic E-state index is 13.4. The number of pyridine rings is 1. The number of aryl methyl sites for hydroxylation is 1. The van der Waals surface area contributed by atoms with Crippen molar-refractivity contribution in [2.45, 2.75) is 12.5 Å². The van der Waals surface area contributed by atoms with Crippen molar-refractivity contribution in [1.29, 1.82) is 0 Å². The van der Waals surface area contributed by atoms with Crippen LogP contribution < -0.4 is 4.90 Å². The number of halogens is 1. The second-order valence-electron chi connectivity index (χ2n) is 7.99. The monoisotopic (exact) mass is 424 g/mol. The summed E-state index contributed by atoms with van der Waals surface area (Å²) in [5.41, 5.74) is 1.19. The van der Waals surface area contributed by atoms with E-state index < -0.39 is 5.95 Å². The summed E-state index contributed by atoms with van der Waals surface area (Å²) in [6.07, 6.45) is 3.00. The van der Waals surface area contributed by atoms with Crippen molar-refractivity contribution in [2.24, 2.45) is 23.9 Å². The van der Waals surface area contributed by atoms with Gasteiger partial charge in [0.2, 0.25) is 11.8 Å². The number of imidazole rings is 1. The molecule has 3 aromatic heterocycles. The number of rotatable bonds is 6. The van der Waals surface area contributed by atoms with Gasteiger partial charge in [0.25, 0.3) is 5.91 Å². The first-order valence-corrected chi connectivity index (χ1v) is 9.88. The second-order valence-corrected chi connectivity index (χ2v) is 7.99. The molecule has 0 aromatic carbocycles. The van der Waals surface area contributed by atoms with E-state index in [9.17, 15) is 9.18 Å². The van der Waals surface area contributed by atoms with Crippen molar-refractivity contribution in [3.8, 4) is 0 Å². The minimum atomic E-state index is -0.474. The minimum Gasteiger partial charge on any atom is -0.371 e. The van der Waals surface area contributed by atoms with Crippen molar-refractivity contribution in [3.63, 3.8) is 0 Å². The van der Waals surface area contributed by atoms with Crippen molar-refractivity contribution in [3.05, 3.63) is 48.0 Å². The normalized spacial score (nSPS) is 21.8. The van der Waals surface area contributed by atoms with Crippen molar-refractivity contribution < 1.29 is 13.7 Å². The molecule has 160 valence electrons. The number of hydrogen-bond donors (Lipinski definition) is 0. The van der Waals surface area contributed by atoms with Crippen molar-refractivity contribution in [1.82, 2.24) is 29.6 Å². The third kappa shape index (κ3) is 3.35. The molecule has 11 heteroatoms.